The van der Waals surface area contributed by atoms with Crippen molar-refractivity contribution in [2.75, 3.05) is 12.4 Å². The van der Waals surface area contributed by atoms with Crippen LogP contribution < -0.4 is 10.1 Å². The molecule has 0 bridgehead atoms. The van der Waals surface area contributed by atoms with Crippen LogP contribution in [0.25, 0.3) is 0 Å². The second kappa shape index (κ2) is 8.22. The number of nitrogens with one attached hydrogen (secondary N) is 1. The van der Waals surface area contributed by atoms with Crippen LogP contribution in [-0.2, 0) is 6.54 Å². The molecule has 1 N–H and O–H groups in total. The third kappa shape index (κ3) is 4.05. The molecule has 0 saturated heterocycles. The third-order valence-corrected chi connectivity index (χ3v) is 4.68. The molecule has 2 aromatic heterocycles. The molecule has 2 heterocycles. The highest BCUT2D eigenvalue weighted by atomic mass is 16.6. The summed E-state index contributed by atoms with van der Waals surface area (Å²) in [6.45, 7) is 4.71. The zero-order valence-corrected chi connectivity index (χ0v) is 17.0. The van der Waals surface area contributed by atoms with Crippen molar-refractivity contribution in [3.05, 3.63) is 66.8 Å². The van der Waals surface area contributed by atoms with Crippen molar-refractivity contribution in [2.24, 2.45) is 0 Å². The van der Waals surface area contributed by atoms with E-state index in [0.717, 1.165) is 0 Å². The van der Waals surface area contributed by atoms with Gasteiger partial charge in [0.25, 0.3) is 11.6 Å². The Morgan fingerprint density at radius 3 is 2.52 bits per heavy atom. The molecule has 0 aliphatic rings. The van der Waals surface area contributed by atoms with Gasteiger partial charge < -0.3 is 14.6 Å². The maximum Gasteiger partial charge on any atom is 0.312 e. The quantitative estimate of drug-likeness (QED) is 0.437. The Morgan fingerprint density at radius 2 is 1.94 bits per heavy atom. The number of hydrogen-bond acceptors (Lipinski definition) is 9. The fourth-order valence-electron chi connectivity index (χ4n) is 3.09. The van der Waals surface area contributed by atoms with Crippen LogP contribution in [0.5, 0.6) is 5.75 Å². The Balaban J connectivity index is 1.91. The Kier molecular flexibility index (Phi) is 5.68. The van der Waals surface area contributed by atoms with Crippen molar-refractivity contribution in [3.63, 3.8) is 0 Å². The van der Waals surface area contributed by atoms with E-state index in [1.165, 1.54) is 36.9 Å². The SMILES string of the molecule is COc1cc([N+](=O)[O-])ccc1NC(=O)c1noc(C)c1Cn1nc(C)c([N+](=O)[O-])c1C. The summed E-state index contributed by atoms with van der Waals surface area (Å²) in [5.74, 6) is -0.204. The molecule has 0 aliphatic carbocycles. The molecule has 0 spiro atoms. The molecule has 1 aromatic carbocycles. The number of hydrogen-bond donors (Lipinski definition) is 1. The minimum Gasteiger partial charge on any atom is -0.494 e. The molecule has 13 heteroatoms. The standard InChI is InChI=1S/C18H18N6O7/c1-9-17(24(28)29)10(2)22(20-9)8-13-11(3)31-21-16(13)18(25)19-14-6-5-12(23(26)27)7-15(14)30-4/h5-7H,8H2,1-4H3,(H,19,25). The van der Waals surface area contributed by atoms with Crippen LogP contribution in [0.1, 0.15) is 33.2 Å². The van der Waals surface area contributed by atoms with E-state index < -0.39 is 15.8 Å². The molecule has 13 nitrogen and oxygen atoms in total. The number of benzene rings is 1. The molecule has 31 heavy (non-hydrogen) atoms. The van der Waals surface area contributed by atoms with E-state index in [1.807, 2.05) is 0 Å². The summed E-state index contributed by atoms with van der Waals surface area (Å²) in [7, 11) is 1.32. The van der Waals surface area contributed by atoms with Gasteiger partial charge in [0.05, 0.1) is 35.3 Å². The lowest BCUT2D eigenvalue weighted by atomic mass is 10.1. The number of aromatic nitrogens is 3. The van der Waals surface area contributed by atoms with Crippen LogP contribution in [0.2, 0.25) is 0 Å². The largest absolute Gasteiger partial charge is 0.494 e. The van der Waals surface area contributed by atoms with Crippen molar-refractivity contribution in [1.29, 1.82) is 0 Å². The van der Waals surface area contributed by atoms with Gasteiger partial charge in [0.2, 0.25) is 0 Å². The number of carbonyl (C=O) groups excluding carboxylic acids is 1. The normalized spacial score (nSPS) is 10.7. The Labute approximate surface area is 174 Å². The summed E-state index contributed by atoms with van der Waals surface area (Å²) in [4.78, 5) is 33.9. The predicted octanol–water partition coefficient (Wildman–Crippen LogP) is 2.92. The molecule has 1 amide bonds. The number of nitro benzene ring substituents is 1. The van der Waals surface area contributed by atoms with Gasteiger partial charge in [-0.3, -0.25) is 29.7 Å². The van der Waals surface area contributed by atoms with Crippen LogP contribution in [-0.4, -0.2) is 37.8 Å². The highest BCUT2D eigenvalue weighted by molar-refractivity contribution is 6.04. The first kappa shape index (κ1) is 21.4. The molecule has 0 fully saturated rings. The fourth-order valence-corrected chi connectivity index (χ4v) is 3.09. The number of anilines is 1. The number of nitrogens with zero attached hydrogens (tertiary/aromatic N) is 5. The summed E-state index contributed by atoms with van der Waals surface area (Å²) in [6.07, 6.45) is 0. The van der Waals surface area contributed by atoms with E-state index in [-0.39, 0.29) is 40.7 Å². The molecule has 162 valence electrons. The number of aryl methyl sites for hydroxylation is 2. The Hall–Kier alpha value is -4.29. The van der Waals surface area contributed by atoms with Crippen LogP contribution in [0.4, 0.5) is 17.1 Å². The Bertz CT molecular complexity index is 1200. The summed E-state index contributed by atoms with van der Waals surface area (Å²) >= 11 is 0. The zero-order chi connectivity index (χ0) is 22.9. The van der Waals surface area contributed by atoms with E-state index in [9.17, 15) is 25.0 Å². The van der Waals surface area contributed by atoms with E-state index in [0.29, 0.717) is 17.0 Å². The molecule has 3 aromatic rings. The van der Waals surface area contributed by atoms with Crippen molar-refractivity contribution >= 4 is 23.0 Å². The van der Waals surface area contributed by atoms with Gasteiger partial charge in [-0.15, -0.1) is 0 Å². The van der Waals surface area contributed by atoms with Gasteiger partial charge in [0.1, 0.15) is 22.9 Å². The molecule has 0 aliphatic heterocycles. The van der Waals surface area contributed by atoms with Gasteiger partial charge in [0.15, 0.2) is 5.69 Å². The van der Waals surface area contributed by atoms with Crippen LogP contribution in [0, 0.1) is 41.0 Å². The lowest BCUT2D eigenvalue weighted by Crippen LogP contribution is -2.17. The number of non-ortho nitro benzene ring substituents is 1. The van der Waals surface area contributed by atoms with Gasteiger partial charge in [0, 0.05) is 11.6 Å². The molecule has 0 saturated carbocycles. The van der Waals surface area contributed by atoms with Gasteiger partial charge in [-0.1, -0.05) is 5.16 Å². The second-order valence-corrected chi connectivity index (χ2v) is 6.60. The number of nitro groups is 2. The van der Waals surface area contributed by atoms with E-state index in [1.54, 1.807) is 13.8 Å². The highest BCUT2D eigenvalue weighted by Crippen LogP contribution is 2.30. The maximum absolute atomic E-state index is 12.8. The van der Waals surface area contributed by atoms with Gasteiger partial charge in [-0.2, -0.15) is 5.10 Å². The highest BCUT2D eigenvalue weighted by Gasteiger charge is 2.26. The number of amides is 1. The van der Waals surface area contributed by atoms with Crippen LogP contribution >= 0.6 is 0 Å². The summed E-state index contributed by atoms with van der Waals surface area (Å²) < 4.78 is 11.7. The average molecular weight is 430 g/mol. The van der Waals surface area contributed by atoms with Crippen molar-refractivity contribution < 1.29 is 23.9 Å². The molecular weight excluding hydrogens is 412 g/mol. The lowest BCUT2D eigenvalue weighted by Gasteiger charge is -2.10. The number of rotatable bonds is 7. The van der Waals surface area contributed by atoms with Crippen LogP contribution in [0.3, 0.4) is 0 Å². The zero-order valence-electron chi connectivity index (χ0n) is 17.0. The van der Waals surface area contributed by atoms with Crippen molar-refractivity contribution in [2.45, 2.75) is 27.3 Å². The molecule has 0 unspecified atom stereocenters. The molecule has 0 atom stereocenters. The predicted molar refractivity (Wildman–Crippen MR) is 106 cm³/mol. The smallest absolute Gasteiger partial charge is 0.312 e. The van der Waals surface area contributed by atoms with Crippen molar-refractivity contribution in [3.8, 4) is 5.75 Å². The van der Waals surface area contributed by atoms with Crippen LogP contribution in [0.15, 0.2) is 22.7 Å². The second-order valence-electron chi connectivity index (χ2n) is 6.60. The summed E-state index contributed by atoms with van der Waals surface area (Å²) in [5, 5.41) is 32.7. The maximum atomic E-state index is 12.8. The summed E-state index contributed by atoms with van der Waals surface area (Å²) in [5.41, 5.74) is 0.817. The first-order valence-electron chi connectivity index (χ1n) is 8.91. The topological polar surface area (TPSA) is 168 Å². The molecule has 0 radical (unpaired) electrons. The van der Waals surface area contributed by atoms with Crippen molar-refractivity contribution in [1.82, 2.24) is 14.9 Å². The Morgan fingerprint density at radius 1 is 1.23 bits per heavy atom. The summed E-state index contributed by atoms with van der Waals surface area (Å²) in [6, 6.07) is 3.74. The monoisotopic (exact) mass is 430 g/mol. The lowest BCUT2D eigenvalue weighted by molar-refractivity contribution is -0.386. The molecule has 3 rings (SSSR count). The van der Waals surface area contributed by atoms with Gasteiger partial charge in [-0.05, 0) is 26.8 Å². The first-order valence-corrected chi connectivity index (χ1v) is 8.91. The third-order valence-electron chi connectivity index (χ3n) is 4.68. The van der Waals surface area contributed by atoms with E-state index >= 15 is 0 Å². The molecular formula is C18H18N6O7. The van der Waals surface area contributed by atoms with E-state index in [4.69, 9.17) is 9.26 Å². The minimum atomic E-state index is -0.643. The fraction of sp³-hybridized carbons (Fsp3) is 0.278. The number of ether oxygens (including phenoxy) is 1. The number of methoxy groups -OCH3 is 1. The van der Waals surface area contributed by atoms with E-state index in [2.05, 4.69) is 15.6 Å². The minimum absolute atomic E-state index is 0.0238. The van der Waals surface area contributed by atoms with Gasteiger partial charge >= 0.3 is 5.69 Å². The van der Waals surface area contributed by atoms with Gasteiger partial charge in [-0.25, -0.2) is 0 Å². The number of carbonyl (C=O) groups is 1. The average Bonchev–Trinajstić information content (AvgIpc) is 3.21. The first-order chi connectivity index (χ1) is 14.6.